The van der Waals surface area contributed by atoms with Crippen molar-refractivity contribution in [3.05, 3.63) is 68.7 Å². The monoisotopic (exact) mass is 439 g/mol. The largest absolute Gasteiger partial charge is 0.350 e. The maximum atomic E-state index is 12.8. The number of aryl methyl sites for hydroxylation is 1. The van der Waals surface area contributed by atoms with Crippen molar-refractivity contribution in [3.8, 4) is 0 Å². The molecule has 0 spiro atoms. The summed E-state index contributed by atoms with van der Waals surface area (Å²) < 4.78 is 26.0. The maximum absolute atomic E-state index is 12.8. The molecule has 0 aliphatic rings. The predicted octanol–water partition coefficient (Wildman–Crippen LogP) is 3.42. The Morgan fingerprint density at radius 1 is 1.24 bits per heavy atom. The average Bonchev–Trinajstić information content (AvgIpc) is 2.65. The number of benzene rings is 2. The highest BCUT2D eigenvalue weighted by atomic mass is 35.5. The summed E-state index contributed by atoms with van der Waals surface area (Å²) in [6.07, 6.45) is 1.15. The van der Waals surface area contributed by atoms with Crippen LogP contribution < -0.4 is 9.62 Å². The number of anilines is 1. The summed E-state index contributed by atoms with van der Waals surface area (Å²) in [5.74, 6) is -0.501. The molecular weight excluding hydrogens is 418 g/mol. The minimum Gasteiger partial charge on any atom is -0.350 e. The van der Waals surface area contributed by atoms with Gasteiger partial charge in [0, 0.05) is 23.7 Å². The molecule has 156 valence electrons. The average molecular weight is 440 g/mol. The third-order valence-corrected chi connectivity index (χ3v) is 5.77. The number of carbonyl (C=O) groups excluding carboxylic acids is 1. The van der Waals surface area contributed by atoms with Gasteiger partial charge in [0.15, 0.2) is 0 Å². The maximum Gasteiger partial charge on any atom is 0.271 e. The second kappa shape index (κ2) is 9.23. The van der Waals surface area contributed by atoms with Gasteiger partial charge in [0.05, 0.1) is 16.9 Å². The Kier molecular flexibility index (Phi) is 7.21. The van der Waals surface area contributed by atoms with Crippen LogP contribution in [0.25, 0.3) is 0 Å². The number of halogens is 1. The molecule has 1 atom stereocenters. The Morgan fingerprint density at radius 3 is 2.38 bits per heavy atom. The Bertz CT molecular complexity index is 1010. The van der Waals surface area contributed by atoms with E-state index in [1.54, 1.807) is 38.1 Å². The van der Waals surface area contributed by atoms with E-state index in [0.717, 1.165) is 16.1 Å². The standard InChI is InChI=1S/C19H22ClN3O5S/c1-4-17(19(24)21-12-14-6-8-15(20)9-7-14)22(29(3,27)28)18-11-16(23(25)26)10-5-13(18)2/h5-11,17H,4,12H2,1-3H3,(H,21,24)/t17-/m1/s1. The summed E-state index contributed by atoms with van der Waals surface area (Å²) in [6.45, 7) is 3.50. The summed E-state index contributed by atoms with van der Waals surface area (Å²) in [5, 5.41) is 14.4. The van der Waals surface area contributed by atoms with Crippen LogP contribution in [0.5, 0.6) is 0 Å². The lowest BCUT2D eigenvalue weighted by molar-refractivity contribution is -0.384. The Hall–Kier alpha value is -2.65. The van der Waals surface area contributed by atoms with Crippen LogP contribution in [-0.4, -0.2) is 31.5 Å². The third kappa shape index (κ3) is 5.68. The van der Waals surface area contributed by atoms with Crippen molar-refractivity contribution < 1.29 is 18.1 Å². The van der Waals surface area contributed by atoms with E-state index in [4.69, 9.17) is 11.6 Å². The Labute approximate surface area is 174 Å². The molecule has 0 radical (unpaired) electrons. The molecule has 1 N–H and O–H groups in total. The van der Waals surface area contributed by atoms with Gasteiger partial charge in [-0.15, -0.1) is 0 Å². The normalized spacial score (nSPS) is 12.3. The number of nitro groups is 1. The predicted molar refractivity (Wildman–Crippen MR) is 113 cm³/mol. The number of nitrogens with one attached hydrogen (secondary N) is 1. The van der Waals surface area contributed by atoms with Crippen LogP contribution in [0, 0.1) is 17.0 Å². The summed E-state index contributed by atoms with van der Waals surface area (Å²) in [6, 6.07) is 9.75. The van der Waals surface area contributed by atoms with E-state index in [1.807, 2.05) is 0 Å². The molecule has 0 saturated heterocycles. The zero-order valence-corrected chi connectivity index (χ0v) is 17.8. The number of non-ortho nitro benzene ring substituents is 1. The highest BCUT2D eigenvalue weighted by Crippen LogP contribution is 2.30. The van der Waals surface area contributed by atoms with Gasteiger partial charge in [-0.05, 0) is 36.6 Å². The lowest BCUT2D eigenvalue weighted by Gasteiger charge is -2.31. The van der Waals surface area contributed by atoms with Gasteiger partial charge in [0.2, 0.25) is 15.9 Å². The summed E-state index contributed by atoms with van der Waals surface area (Å²) in [4.78, 5) is 23.4. The smallest absolute Gasteiger partial charge is 0.271 e. The molecule has 0 aliphatic carbocycles. The number of hydrogen-bond donors (Lipinski definition) is 1. The van der Waals surface area contributed by atoms with Crippen LogP contribution in [0.4, 0.5) is 11.4 Å². The van der Waals surface area contributed by atoms with E-state index in [-0.39, 0.29) is 24.3 Å². The van der Waals surface area contributed by atoms with Gasteiger partial charge < -0.3 is 5.32 Å². The number of nitrogens with zero attached hydrogens (tertiary/aromatic N) is 2. The number of sulfonamides is 1. The number of hydrogen-bond acceptors (Lipinski definition) is 5. The molecule has 1 amide bonds. The van der Waals surface area contributed by atoms with E-state index in [9.17, 15) is 23.3 Å². The van der Waals surface area contributed by atoms with Crippen LogP contribution in [-0.2, 0) is 21.4 Å². The van der Waals surface area contributed by atoms with Gasteiger partial charge in [-0.25, -0.2) is 8.42 Å². The van der Waals surface area contributed by atoms with Gasteiger partial charge >= 0.3 is 0 Å². The molecule has 29 heavy (non-hydrogen) atoms. The molecule has 0 aromatic heterocycles. The first-order valence-electron chi connectivity index (χ1n) is 8.81. The molecule has 10 heteroatoms. The van der Waals surface area contributed by atoms with Crippen molar-refractivity contribution in [1.82, 2.24) is 5.32 Å². The van der Waals surface area contributed by atoms with E-state index in [2.05, 4.69) is 5.32 Å². The van der Waals surface area contributed by atoms with E-state index >= 15 is 0 Å². The third-order valence-electron chi connectivity index (χ3n) is 4.35. The van der Waals surface area contributed by atoms with Gasteiger partial charge in [-0.2, -0.15) is 0 Å². The molecule has 2 aromatic carbocycles. The molecule has 0 unspecified atom stereocenters. The molecular formula is C19H22ClN3O5S. The van der Waals surface area contributed by atoms with Crippen LogP contribution in [0.3, 0.4) is 0 Å². The highest BCUT2D eigenvalue weighted by Gasteiger charge is 2.33. The van der Waals surface area contributed by atoms with Crippen LogP contribution in [0.1, 0.15) is 24.5 Å². The SMILES string of the molecule is CC[C@H](C(=O)NCc1ccc(Cl)cc1)N(c1cc([N+](=O)[O-])ccc1C)S(C)(=O)=O. The molecule has 2 aromatic rings. The molecule has 0 aliphatic heterocycles. The first-order valence-corrected chi connectivity index (χ1v) is 11.0. The topological polar surface area (TPSA) is 110 Å². The minimum atomic E-state index is -3.90. The lowest BCUT2D eigenvalue weighted by atomic mass is 10.1. The second-order valence-corrected chi connectivity index (χ2v) is 8.85. The van der Waals surface area contributed by atoms with Crippen LogP contribution in [0.15, 0.2) is 42.5 Å². The van der Waals surface area contributed by atoms with Crippen molar-refractivity contribution in [2.75, 3.05) is 10.6 Å². The molecule has 0 bridgehead atoms. The summed E-state index contributed by atoms with van der Waals surface area (Å²) >= 11 is 5.85. The summed E-state index contributed by atoms with van der Waals surface area (Å²) in [7, 11) is -3.90. The fraction of sp³-hybridized carbons (Fsp3) is 0.316. The van der Waals surface area contributed by atoms with Crippen molar-refractivity contribution >= 4 is 38.9 Å². The van der Waals surface area contributed by atoms with Gasteiger partial charge in [0.1, 0.15) is 6.04 Å². The zero-order valence-electron chi connectivity index (χ0n) is 16.3. The first-order chi connectivity index (χ1) is 13.5. The number of carbonyl (C=O) groups is 1. The van der Waals surface area contributed by atoms with Crippen molar-refractivity contribution in [3.63, 3.8) is 0 Å². The Morgan fingerprint density at radius 2 is 1.86 bits per heavy atom. The van der Waals surface area contributed by atoms with Crippen molar-refractivity contribution in [2.45, 2.75) is 32.9 Å². The van der Waals surface area contributed by atoms with E-state index < -0.39 is 26.9 Å². The molecule has 8 nitrogen and oxygen atoms in total. The van der Waals surface area contributed by atoms with Gasteiger partial charge in [-0.1, -0.05) is 36.7 Å². The first kappa shape index (κ1) is 22.6. The lowest BCUT2D eigenvalue weighted by Crippen LogP contribution is -2.49. The quantitative estimate of drug-likeness (QED) is 0.500. The molecule has 0 heterocycles. The highest BCUT2D eigenvalue weighted by molar-refractivity contribution is 7.92. The fourth-order valence-electron chi connectivity index (χ4n) is 2.89. The number of rotatable bonds is 8. The van der Waals surface area contributed by atoms with Gasteiger partial charge in [0.25, 0.3) is 5.69 Å². The van der Waals surface area contributed by atoms with Crippen LogP contribution >= 0.6 is 11.6 Å². The minimum absolute atomic E-state index is 0.107. The molecule has 2 rings (SSSR count). The number of amides is 1. The summed E-state index contributed by atoms with van der Waals surface area (Å²) in [5.41, 5.74) is 1.16. The second-order valence-electron chi connectivity index (χ2n) is 6.56. The molecule has 0 saturated carbocycles. The fourth-order valence-corrected chi connectivity index (χ4v) is 4.28. The Balaban J connectivity index is 2.37. The van der Waals surface area contributed by atoms with Gasteiger partial charge in [-0.3, -0.25) is 19.2 Å². The van der Waals surface area contributed by atoms with Crippen LogP contribution in [0.2, 0.25) is 5.02 Å². The zero-order chi connectivity index (χ0) is 21.8. The van der Waals surface area contributed by atoms with Crippen molar-refractivity contribution in [1.29, 1.82) is 0 Å². The molecule has 0 fully saturated rings. The van der Waals surface area contributed by atoms with E-state index in [0.29, 0.717) is 10.6 Å². The number of nitro benzene ring substituents is 1. The van der Waals surface area contributed by atoms with Crippen molar-refractivity contribution in [2.24, 2.45) is 0 Å². The van der Waals surface area contributed by atoms with E-state index in [1.165, 1.54) is 18.2 Å².